The van der Waals surface area contributed by atoms with Crippen molar-refractivity contribution in [1.29, 1.82) is 0 Å². The minimum absolute atomic E-state index is 0.123. The van der Waals surface area contributed by atoms with Crippen LogP contribution >= 0.6 is 0 Å². The van der Waals surface area contributed by atoms with Gasteiger partial charge >= 0.3 is 12.1 Å². The average Bonchev–Trinajstić information content (AvgIpc) is 2.79. The summed E-state index contributed by atoms with van der Waals surface area (Å²) >= 11 is 0. The molecule has 0 spiro atoms. The lowest BCUT2D eigenvalue weighted by molar-refractivity contribution is 0.0543. The van der Waals surface area contributed by atoms with Crippen molar-refractivity contribution in [3.63, 3.8) is 0 Å². The third-order valence-electron chi connectivity index (χ3n) is 2.45. The standard InChI is InChI=1S/C13H17N3O4/c1-13(2,3)20-12(17)16-7-6-8-9(16)14-11(19-5)15-10(8)18-4/h6-7H,1-5H3. The number of rotatable bonds is 2. The Morgan fingerprint density at radius 1 is 1.20 bits per heavy atom. The second-order valence-electron chi connectivity index (χ2n) is 5.12. The van der Waals surface area contributed by atoms with E-state index in [0.29, 0.717) is 16.9 Å². The summed E-state index contributed by atoms with van der Waals surface area (Å²) in [6.07, 6.45) is 1.05. The lowest BCUT2D eigenvalue weighted by Gasteiger charge is -2.19. The molecule has 0 amide bonds. The largest absolute Gasteiger partial charge is 0.480 e. The predicted molar refractivity (Wildman–Crippen MR) is 72.3 cm³/mol. The topological polar surface area (TPSA) is 75.5 Å². The molecule has 7 heteroatoms. The van der Waals surface area contributed by atoms with Crippen LogP contribution in [0.4, 0.5) is 4.79 Å². The molecule has 0 saturated heterocycles. The molecule has 0 saturated carbocycles. The molecule has 108 valence electrons. The van der Waals surface area contributed by atoms with E-state index in [2.05, 4.69) is 9.97 Å². The summed E-state index contributed by atoms with van der Waals surface area (Å²) in [6, 6.07) is 1.82. The van der Waals surface area contributed by atoms with Crippen LogP contribution in [-0.4, -0.2) is 40.4 Å². The molecule has 0 aliphatic carbocycles. The number of carbonyl (C=O) groups is 1. The van der Waals surface area contributed by atoms with Crippen molar-refractivity contribution in [2.75, 3.05) is 14.2 Å². The summed E-state index contributed by atoms with van der Waals surface area (Å²) in [5.41, 5.74) is -0.211. The molecular weight excluding hydrogens is 262 g/mol. The van der Waals surface area contributed by atoms with Gasteiger partial charge in [0.2, 0.25) is 5.88 Å². The van der Waals surface area contributed by atoms with Crippen LogP contribution in [0.3, 0.4) is 0 Å². The fourth-order valence-electron chi connectivity index (χ4n) is 1.67. The normalized spacial score (nSPS) is 11.4. The molecule has 0 unspecified atom stereocenters. The molecule has 7 nitrogen and oxygen atoms in total. The molecule has 0 N–H and O–H groups in total. The molecule has 0 bridgehead atoms. The Labute approximate surface area is 116 Å². The molecule has 2 aromatic rings. The van der Waals surface area contributed by atoms with Gasteiger partial charge in [0.05, 0.1) is 19.6 Å². The van der Waals surface area contributed by atoms with Gasteiger partial charge in [0.1, 0.15) is 5.60 Å². The van der Waals surface area contributed by atoms with Crippen LogP contribution in [0.15, 0.2) is 12.3 Å². The van der Waals surface area contributed by atoms with Gasteiger partial charge in [0, 0.05) is 6.20 Å². The van der Waals surface area contributed by atoms with E-state index in [1.807, 2.05) is 0 Å². The summed E-state index contributed by atoms with van der Waals surface area (Å²) in [7, 11) is 2.94. The van der Waals surface area contributed by atoms with E-state index in [1.165, 1.54) is 18.8 Å². The lowest BCUT2D eigenvalue weighted by Crippen LogP contribution is -2.26. The molecular formula is C13H17N3O4. The molecule has 0 atom stereocenters. The molecule has 0 radical (unpaired) electrons. The van der Waals surface area contributed by atoms with Crippen LogP contribution in [0.2, 0.25) is 0 Å². The van der Waals surface area contributed by atoms with Crippen molar-refractivity contribution in [1.82, 2.24) is 14.5 Å². The van der Waals surface area contributed by atoms with E-state index in [1.54, 1.807) is 33.0 Å². The van der Waals surface area contributed by atoms with Gasteiger partial charge in [-0.3, -0.25) is 0 Å². The first-order chi connectivity index (χ1) is 9.35. The Balaban J connectivity index is 2.53. The zero-order valence-electron chi connectivity index (χ0n) is 12.1. The Morgan fingerprint density at radius 2 is 1.90 bits per heavy atom. The highest BCUT2D eigenvalue weighted by atomic mass is 16.6. The fourth-order valence-corrected chi connectivity index (χ4v) is 1.67. The van der Waals surface area contributed by atoms with Crippen molar-refractivity contribution in [3.05, 3.63) is 12.3 Å². The smallest absolute Gasteiger partial charge is 0.420 e. The Morgan fingerprint density at radius 3 is 2.45 bits per heavy atom. The SMILES string of the molecule is COc1nc(OC)c2ccn(C(=O)OC(C)(C)C)c2n1. The zero-order valence-corrected chi connectivity index (χ0v) is 12.1. The van der Waals surface area contributed by atoms with Crippen molar-refractivity contribution >= 4 is 17.1 Å². The molecule has 2 aromatic heterocycles. The predicted octanol–water partition coefficient (Wildman–Crippen LogP) is 2.23. The molecule has 2 rings (SSSR count). The average molecular weight is 279 g/mol. The Bertz CT molecular complexity index is 643. The number of hydrogen-bond acceptors (Lipinski definition) is 6. The maximum Gasteiger partial charge on any atom is 0.420 e. The van der Waals surface area contributed by atoms with Gasteiger partial charge in [-0.1, -0.05) is 0 Å². The molecule has 20 heavy (non-hydrogen) atoms. The molecule has 0 aliphatic heterocycles. The lowest BCUT2D eigenvalue weighted by atomic mass is 10.2. The van der Waals surface area contributed by atoms with Gasteiger partial charge in [-0.15, -0.1) is 0 Å². The minimum atomic E-state index is -0.588. The number of hydrogen-bond donors (Lipinski definition) is 0. The highest BCUT2D eigenvalue weighted by Crippen LogP contribution is 2.26. The van der Waals surface area contributed by atoms with E-state index in [4.69, 9.17) is 14.2 Å². The number of nitrogens with zero attached hydrogens (tertiary/aromatic N) is 3. The number of methoxy groups -OCH3 is 2. The van der Waals surface area contributed by atoms with Gasteiger partial charge in [-0.25, -0.2) is 9.36 Å². The monoisotopic (exact) mass is 279 g/mol. The second kappa shape index (κ2) is 4.99. The van der Waals surface area contributed by atoms with E-state index >= 15 is 0 Å². The summed E-state index contributed by atoms with van der Waals surface area (Å²) in [4.78, 5) is 20.4. The van der Waals surface area contributed by atoms with Gasteiger partial charge in [0.25, 0.3) is 0 Å². The first-order valence-corrected chi connectivity index (χ1v) is 6.06. The van der Waals surface area contributed by atoms with Crippen molar-refractivity contribution < 1.29 is 19.0 Å². The maximum atomic E-state index is 12.1. The summed E-state index contributed by atoms with van der Waals surface area (Å²) in [5.74, 6) is 0.342. The van der Waals surface area contributed by atoms with E-state index < -0.39 is 11.7 Å². The Hall–Kier alpha value is -2.31. The maximum absolute atomic E-state index is 12.1. The summed E-state index contributed by atoms with van der Waals surface area (Å²) in [5, 5.41) is 0.610. The third-order valence-corrected chi connectivity index (χ3v) is 2.45. The van der Waals surface area contributed by atoms with E-state index in [-0.39, 0.29) is 6.01 Å². The van der Waals surface area contributed by atoms with Gasteiger partial charge in [0.15, 0.2) is 5.65 Å². The van der Waals surface area contributed by atoms with Crippen LogP contribution in [0.25, 0.3) is 11.0 Å². The Kier molecular flexibility index (Phi) is 3.52. The third kappa shape index (κ3) is 2.66. The first-order valence-electron chi connectivity index (χ1n) is 6.06. The molecule has 0 aliphatic rings. The van der Waals surface area contributed by atoms with Crippen LogP contribution in [0, 0.1) is 0 Å². The molecule has 0 aromatic carbocycles. The fraction of sp³-hybridized carbons (Fsp3) is 0.462. The zero-order chi connectivity index (χ0) is 14.9. The minimum Gasteiger partial charge on any atom is -0.480 e. The van der Waals surface area contributed by atoms with Gasteiger partial charge in [-0.05, 0) is 26.8 Å². The van der Waals surface area contributed by atoms with Crippen molar-refractivity contribution in [2.45, 2.75) is 26.4 Å². The first kappa shape index (κ1) is 14.1. The highest BCUT2D eigenvalue weighted by molar-refractivity contribution is 5.89. The number of fused-ring (bicyclic) bond motifs is 1. The number of ether oxygens (including phenoxy) is 3. The summed E-state index contributed by atoms with van der Waals surface area (Å²) < 4.78 is 16.8. The number of aromatic nitrogens is 3. The summed E-state index contributed by atoms with van der Waals surface area (Å²) in [6.45, 7) is 5.40. The molecule has 0 fully saturated rings. The van der Waals surface area contributed by atoms with Crippen LogP contribution in [0.1, 0.15) is 20.8 Å². The van der Waals surface area contributed by atoms with E-state index in [9.17, 15) is 4.79 Å². The van der Waals surface area contributed by atoms with Crippen LogP contribution in [0.5, 0.6) is 11.9 Å². The quantitative estimate of drug-likeness (QED) is 0.839. The number of carbonyl (C=O) groups excluding carboxylic acids is 1. The highest BCUT2D eigenvalue weighted by Gasteiger charge is 2.21. The van der Waals surface area contributed by atoms with Crippen LogP contribution < -0.4 is 9.47 Å². The second-order valence-corrected chi connectivity index (χ2v) is 5.12. The van der Waals surface area contributed by atoms with Gasteiger partial charge < -0.3 is 14.2 Å². The molecule has 2 heterocycles. The van der Waals surface area contributed by atoms with Gasteiger partial charge in [-0.2, -0.15) is 9.97 Å². The van der Waals surface area contributed by atoms with E-state index in [0.717, 1.165) is 0 Å². The van der Waals surface area contributed by atoms with Crippen molar-refractivity contribution in [3.8, 4) is 11.9 Å². The van der Waals surface area contributed by atoms with Crippen LogP contribution in [-0.2, 0) is 4.74 Å². The van der Waals surface area contributed by atoms with Crippen molar-refractivity contribution in [2.24, 2.45) is 0 Å².